The minimum absolute atomic E-state index is 0.0160. The number of carbonyl (C=O) groups excluding carboxylic acids is 1. The van der Waals surface area contributed by atoms with Gasteiger partial charge in [0.2, 0.25) is 5.91 Å². The molecule has 0 bridgehead atoms. The van der Waals surface area contributed by atoms with Gasteiger partial charge in [0.25, 0.3) is 0 Å². The third kappa shape index (κ3) is 2.31. The standard InChI is InChI=1S/C18H23NO3/c1-3-12(2)19(11-16(20)21)17(22)15-10-18(15)9-8-13-6-4-5-7-14(13)18/h4-7,12,15H,3,8-11H2,1-2H3,(H,20,21). The molecule has 0 saturated heterocycles. The van der Waals surface area contributed by atoms with Crippen LogP contribution in [0.2, 0.25) is 0 Å². The molecule has 1 aromatic rings. The minimum Gasteiger partial charge on any atom is -0.480 e. The number of aliphatic carboxylic acids is 1. The lowest BCUT2D eigenvalue weighted by Crippen LogP contribution is -2.43. The Balaban J connectivity index is 1.81. The molecule has 1 aromatic carbocycles. The van der Waals surface area contributed by atoms with E-state index in [-0.39, 0.29) is 29.8 Å². The smallest absolute Gasteiger partial charge is 0.323 e. The Kier molecular flexibility index (Phi) is 3.71. The zero-order valence-electron chi connectivity index (χ0n) is 13.2. The Bertz CT molecular complexity index is 612. The van der Waals surface area contributed by atoms with Crippen molar-refractivity contribution in [3.05, 3.63) is 35.4 Å². The fourth-order valence-corrected chi connectivity index (χ4v) is 3.94. The number of hydrogen-bond acceptors (Lipinski definition) is 2. The van der Waals surface area contributed by atoms with Crippen molar-refractivity contribution in [2.24, 2.45) is 5.92 Å². The SMILES string of the molecule is CCC(C)N(CC(=O)O)C(=O)C1CC12CCc1ccccc12. The zero-order valence-corrected chi connectivity index (χ0v) is 13.2. The van der Waals surface area contributed by atoms with E-state index in [2.05, 4.69) is 12.1 Å². The van der Waals surface area contributed by atoms with Gasteiger partial charge in [0.05, 0.1) is 0 Å². The molecule has 0 heterocycles. The highest BCUT2D eigenvalue weighted by Crippen LogP contribution is 2.62. The number of fused-ring (bicyclic) bond motifs is 2. The van der Waals surface area contributed by atoms with Crippen LogP contribution in [0.5, 0.6) is 0 Å². The lowest BCUT2D eigenvalue weighted by Gasteiger charge is -2.28. The van der Waals surface area contributed by atoms with Crippen LogP contribution in [0.3, 0.4) is 0 Å². The van der Waals surface area contributed by atoms with Gasteiger partial charge < -0.3 is 10.0 Å². The van der Waals surface area contributed by atoms with Gasteiger partial charge in [-0.3, -0.25) is 9.59 Å². The molecule has 22 heavy (non-hydrogen) atoms. The van der Waals surface area contributed by atoms with Crippen LogP contribution >= 0.6 is 0 Å². The molecule has 1 fully saturated rings. The van der Waals surface area contributed by atoms with Gasteiger partial charge in [-0.1, -0.05) is 31.2 Å². The first-order valence-corrected chi connectivity index (χ1v) is 8.10. The second-order valence-corrected chi connectivity index (χ2v) is 6.69. The summed E-state index contributed by atoms with van der Waals surface area (Å²) in [7, 11) is 0. The first-order chi connectivity index (χ1) is 10.5. The van der Waals surface area contributed by atoms with E-state index in [1.807, 2.05) is 26.0 Å². The summed E-state index contributed by atoms with van der Waals surface area (Å²) in [6.07, 6.45) is 3.69. The second kappa shape index (κ2) is 5.41. The maximum absolute atomic E-state index is 12.9. The highest BCUT2D eigenvalue weighted by atomic mass is 16.4. The number of carboxylic acids is 1. The van der Waals surface area contributed by atoms with Crippen LogP contribution in [0.1, 0.15) is 44.2 Å². The van der Waals surface area contributed by atoms with E-state index in [4.69, 9.17) is 5.11 Å². The van der Waals surface area contributed by atoms with Crippen LogP contribution in [0.4, 0.5) is 0 Å². The van der Waals surface area contributed by atoms with E-state index in [0.29, 0.717) is 0 Å². The number of rotatable bonds is 5. The largest absolute Gasteiger partial charge is 0.480 e. The van der Waals surface area contributed by atoms with Crippen LogP contribution in [-0.4, -0.2) is 34.5 Å². The van der Waals surface area contributed by atoms with Crippen molar-refractivity contribution in [1.82, 2.24) is 4.90 Å². The normalized spacial score (nSPS) is 26.5. The van der Waals surface area contributed by atoms with Gasteiger partial charge in [0, 0.05) is 17.4 Å². The molecule has 1 spiro atoms. The molecule has 2 aliphatic carbocycles. The molecule has 0 aliphatic heterocycles. The van der Waals surface area contributed by atoms with E-state index in [1.54, 1.807) is 4.90 Å². The Labute approximate surface area is 131 Å². The van der Waals surface area contributed by atoms with Gasteiger partial charge in [-0.2, -0.15) is 0 Å². The predicted molar refractivity (Wildman–Crippen MR) is 83.6 cm³/mol. The number of amides is 1. The topological polar surface area (TPSA) is 57.6 Å². The average Bonchev–Trinajstić information content (AvgIpc) is 3.13. The van der Waals surface area contributed by atoms with Gasteiger partial charge in [0.1, 0.15) is 6.54 Å². The lowest BCUT2D eigenvalue weighted by atomic mass is 9.94. The number of aryl methyl sites for hydroxylation is 1. The molecule has 118 valence electrons. The number of hydrogen-bond donors (Lipinski definition) is 1. The molecule has 2 aliphatic rings. The summed E-state index contributed by atoms with van der Waals surface area (Å²) in [6.45, 7) is 3.72. The Morgan fingerprint density at radius 2 is 2.14 bits per heavy atom. The van der Waals surface area contributed by atoms with Crippen LogP contribution in [0, 0.1) is 5.92 Å². The second-order valence-electron chi connectivity index (χ2n) is 6.69. The molecule has 0 radical (unpaired) electrons. The molecular formula is C18H23NO3. The lowest BCUT2D eigenvalue weighted by molar-refractivity contribution is -0.146. The first kappa shape index (κ1) is 15.1. The molecule has 3 rings (SSSR count). The summed E-state index contributed by atoms with van der Waals surface area (Å²) < 4.78 is 0. The number of carbonyl (C=O) groups is 2. The monoisotopic (exact) mass is 301 g/mol. The summed E-state index contributed by atoms with van der Waals surface area (Å²) in [5.74, 6) is -0.951. The van der Waals surface area contributed by atoms with E-state index in [9.17, 15) is 9.59 Å². The third-order valence-corrected chi connectivity index (χ3v) is 5.48. The molecule has 4 nitrogen and oxygen atoms in total. The number of carboxylic acid groups (broad SMARTS) is 1. The van der Waals surface area contributed by atoms with Gasteiger partial charge in [-0.05, 0) is 43.7 Å². The summed E-state index contributed by atoms with van der Waals surface area (Å²) in [4.78, 5) is 25.5. The highest BCUT2D eigenvalue weighted by Gasteiger charge is 2.62. The fourth-order valence-electron chi connectivity index (χ4n) is 3.94. The van der Waals surface area contributed by atoms with Gasteiger partial charge in [-0.15, -0.1) is 0 Å². The van der Waals surface area contributed by atoms with Crippen LogP contribution < -0.4 is 0 Å². The summed E-state index contributed by atoms with van der Waals surface area (Å²) in [5.41, 5.74) is 2.65. The molecule has 1 amide bonds. The van der Waals surface area contributed by atoms with Crippen molar-refractivity contribution in [1.29, 1.82) is 0 Å². The van der Waals surface area contributed by atoms with Crippen molar-refractivity contribution < 1.29 is 14.7 Å². The zero-order chi connectivity index (χ0) is 15.9. The van der Waals surface area contributed by atoms with Gasteiger partial charge >= 0.3 is 5.97 Å². The van der Waals surface area contributed by atoms with Crippen LogP contribution in [0.15, 0.2) is 24.3 Å². The van der Waals surface area contributed by atoms with Crippen LogP contribution in [-0.2, 0) is 21.4 Å². The Hall–Kier alpha value is -1.84. The van der Waals surface area contributed by atoms with Gasteiger partial charge in [0.15, 0.2) is 0 Å². The summed E-state index contributed by atoms with van der Waals surface area (Å²) in [5, 5.41) is 9.10. The predicted octanol–water partition coefficient (Wildman–Crippen LogP) is 2.60. The van der Waals surface area contributed by atoms with Crippen molar-refractivity contribution in [3.8, 4) is 0 Å². The molecular weight excluding hydrogens is 278 g/mol. The molecule has 1 saturated carbocycles. The molecule has 3 unspecified atom stereocenters. The van der Waals surface area contributed by atoms with Crippen LogP contribution in [0.25, 0.3) is 0 Å². The maximum atomic E-state index is 12.9. The van der Waals surface area contributed by atoms with E-state index in [1.165, 1.54) is 11.1 Å². The maximum Gasteiger partial charge on any atom is 0.323 e. The summed E-state index contributed by atoms with van der Waals surface area (Å²) >= 11 is 0. The molecule has 1 N–H and O–H groups in total. The molecule has 3 atom stereocenters. The van der Waals surface area contributed by atoms with Gasteiger partial charge in [-0.25, -0.2) is 0 Å². The number of benzene rings is 1. The third-order valence-electron chi connectivity index (χ3n) is 5.48. The van der Waals surface area contributed by atoms with Crippen molar-refractivity contribution in [3.63, 3.8) is 0 Å². The average molecular weight is 301 g/mol. The van der Waals surface area contributed by atoms with Crippen molar-refractivity contribution in [2.75, 3.05) is 6.54 Å². The highest BCUT2D eigenvalue weighted by molar-refractivity contribution is 5.88. The molecule has 4 heteroatoms. The quantitative estimate of drug-likeness (QED) is 0.909. The van der Waals surface area contributed by atoms with E-state index in [0.717, 1.165) is 25.7 Å². The van der Waals surface area contributed by atoms with Crippen molar-refractivity contribution >= 4 is 11.9 Å². The Morgan fingerprint density at radius 1 is 1.41 bits per heavy atom. The minimum atomic E-state index is -0.935. The Morgan fingerprint density at radius 3 is 2.82 bits per heavy atom. The van der Waals surface area contributed by atoms with E-state index >= 15 is 0 Å². The summed E-state index contributed by atoms with van der Waals surface area (Å²) in [6, 6.07) is 8.34. The molecule has 0 aromatic heterocycles. The fraction of sp³-hybridized carbons (Fsp3) is 0.556. The number of nitrogens with zero attached hydrogens (tertiary/aromatic N) is 1. The van der Waals surface area contributed by atoms with E-state index < -0.39 is 5.97 Å². The van der Waals surface area contributed by atoms with Crippen molar-refractivity contribution in [2.45, 2.75) is 51.0 Å². The first-order valence-electron chi connectivity index (χ1n) is 8.10.